The number of methoxy groups -OCH3 is 2. The van der Waals surface area contributed by atoms with E-state index < -0.39 is 0 Å². The van der Waals surface area contributed by atoms with Crippen molar-refractivity contribution >= 4 is 10.9 Å². The van der Waals surface area contributed by atoms with Gasteiger partial charge in [0.1, 0.15) is 11.5 Å². The maximum absolute atomic E-state index is 5.62. The Hall–Kier alpha value is -3.37. The number of rotatable bonds is 8. The summed E-state index contributed by atoms with van der Waals surface area (Å²) in [5.74, 6) is 1.64. The Kier molecular flexibility index (Phi) is 6.26. The lowest BCUT2D eigenvalue weighted by atomic mass is 10.0. The van der Waals surface area contributed by atoms with Crippen LogP contribution < -0.4 is 14.8 Å². The lowest BCUT2D eigenvalue weighted by molar-refractivity contribution is 0.391. The first kappa shape index (κ1) is 19.9. The smallest absolute Gasteiger partial charge is 0.130 e. The molecule has 0 atom stereocenters. The molecule has 30 heavy (non-hydrogen) atoms. The molecule has 0 aliphatic carbocycles. The summed E-state index contributed by atoms with van der Waals surface area (Å²) in [4.78, 5) is 4.45. The van der Waals surface area contributed by atoms with Crippen LogP contribution in [0.15, 0.2) is 79.0 Å². The van der Waals surface area contributed by atoms with E-state index in [-0.39, 0.29) is 0 Å². The summed E-state index contributed by atoms with van der Waals surface area (Å²) in [6.07, 6.45) is 2.82. The summed E-state index contributed by atoms with van der Waals surface area (Å²) in [5, 5.41) is 4.78. The number of ether oxygens (including phenoxy) is 2. The molecule has 152 valence electrons. The average molecular weight is 399 g/mol. The summed E-state index contributed by atoms with van der Waals surface area (Å²) in [6.45, 7) is 1.58. The van der Waals surface area contributed by atoms with Gasteiger partial charge in [-0.05, 0) is 42.3 Å². The van der Waals surface area contributed by atoms with Crippen LogP contribution in [0.4, 0.5) is 0 Å². The lowest BCUT2D eigenvalue weighted by Crippen LogP contribution is -2.17. The SMILES string of the molecule is COc1cc(OC)c(-c2ccccc2)cc1CNCCc1ccnc2ccccc12. The third kappa shape index (κ3) is 4.29. The molecule has 4 heteroatoms. The fourth-order valence-corrected chi connectivity index (χ4v) is 3.77. The van der Waals surface area contributed by atoms with Gasteiger partial charge in [0.25, 0.3) is 0 Å². The van der Waals surface area contributed by atoms with E-state index in [0.717, 1.165) is 53.2 Å². The van der Waals surface area contributed by atoms with Gasteiger partial charge in [-0.1, -0.05) is 48.5 Å². The molecule has 0 amide bonds. The maximum Gasteiger partial charge on any atom is 0.130 e. The van der Waals surface area contributed by atoms with Crippen LogP contribution in [0.5, 0.6) is 11.5 Å². The van der Waals surface area contributed by atoms with E-state index >= 15 is 0 Å². The van der Waals surface area contributed by atoms with Gasteiger partial charge in [-0.2, -0.15) is 0 Å². The van der Waals surface area contributed by atoms with Crippen molar-refractivity contribution < 1.29 is 9.47 Å². The Bertz CT molecular complexity index is 1120. The number of nitrogens with one attached hydrogen (secondary N) is 1. The molecule has 4 aromatic rings. The van der Waals surface area contributed by atoms with Gasteiger partial charge in [0.05, 0.1) is 19.7 Å². The molecule has 1 aromatic heterocycles. The van der Waals surface area contributed by atoms with Crippen LogP contribution in [0.2, 0.25) is 0 Å². The highest BCUT2D eigenvalue weighted by Gasteiger charge is 2.12. The summed E-state index contributed by atoms with van der Waals surface area (Å²) in [5.41, 5.74) is 5.65. The number of hydrogen-bond acceptors (Lipinski definition) is 4. The Morgan fingerprint density at radius 3 is 2.37 bits per heavy atom. The second-order valence-corrected chi connectivity index (χ2v) is 7.14. The molecule has 4 nitrogen and oxygen atoms in total. The predicted molar refractivity (Wildman–Crippen MR) is 122 cm³/mol. The first-order valence-corrected chi connectivity index (χ1v) is 10.1. The molecule has 4 rings (SSSR count). The number of nitrogens with zero attached hydrogens (tertiary/aromatic N) is 1. The fraction of sp³-hybridized carbons (Fsp3) is 0.192. The predicted octanol–water partition coefficient (Wildman–Crippen LogP) is 5.25. The van der Waals surface area contributed by atoms with Crippen LogP contribution >= 0.6 is 0 Å². The van der Waals surface area contributed by atoms with E-state index in [1.54, 1.807) is 14.2 Å². The van der Waals surface area contributed by atoms with Crippen LogP contribution in [0, 0.1) is 0 Å². The second kappa shape index (κ2) is 9.42. The normalized spacial score (nSPS) is 10.9. The van der Waals surface area contributed by atoms with Crippen molar-refractivity contribution in [2.24, 2.45) is 0 Å². The van der Waals surface area contributed by atoms with E-state index in [0.29, 0.717) is 0 Å². The van der Waals surface area contributed by atoms with Crippen molar-refractivity contribution in [2.45, 2.75) is 13.0 Å². The van der Waals surface area contributed by atoms with E-state index in [1.165, 1.54) is 10.9 Å². The average Bonchev–Trinajstić information content (AvgIpc) is 2.82. The summed E-state index contributed by atoms with van der Waals surface area (Å²) in [6, 6.07) is 24.8. The number of aromatic nitrogens is 1. The second-order valence-electron chi connectivity index (χ2n) is 7.14. The fourth-order valence-electron chi connectivity index (χ4n) is 3.77. The standard InChI is InChI=1S/C26H26N2O2/c1-29-25-17-26(30-2)23(19-8-4-3-5-9-19)16-21(25)18-27-14-12-20-13-15-28-24-11-7-6-10-22(20)24/h3-11,13,15-17,27H,12,14,18H2,1-2H3. The highest BCUT2D eigenvalue weighted by atomic mass is 16.5. The van der Waals surface area contributed by atoms with E-state index in [9.17, 15) is 0 Å². The van der Waals surface area contributed by atoms with Gasteiger partial charge in [-0.25, -0.2) is 0 Å². The topological polar surface area (TPSA) is 43.4 Å². The molecule has 1 heterocycles. The molecule has 0 aliphatic heterocycles. The van der Waals surface area contributed by atoms with Gasteiger partial charge in [-0.15, -0.1) is 0 Å². The van der Waals surface area contributed by atoms with Crippen molar-refractivity contribution in [3.8, 4) is 22.6 Å². The number of benzene rings is 3. The molecule has 0 saturated heterocycles. The first-order chi connectivity index (χ1) is 14.8. The van der Waals surface area contributed by atoms with Gasteiger partial charge in [-0.3, -0.25) is 4.98 Å². The zero-order valence-electron chi connectivity index (χ0n) is 17.4. The molecule has 0 spiro atoms. The molecule has 0 unspecified atom stereocenters. The minimum absolute atomic E-state index is 0.718. The summed E-state index contributed by atoms with van der Waals surface area (Å²) >= 11 is 0. The van der Waals surface area contributed by atoms with E-state index in [1.807, 2.05) is 36.5 Å². The molecule has 1 N–H and O–H groups in total. The Labute approximate surface area is 177 Å². The Morgan fingerprint density at radius 1 is 0.800 bits per heavy atom. The van der Waals surface area contributed by atoms with Crippen molar-refractivity contribution in [3.05, 3.63) is 90.1 Å². The van der Waals surface area contributed by atoms with Crippen molar-refractivity contribution in [1.82, 2.24) is 10.3 Å². The molecule has 0 aliphatic rings. The Morgan fingerprint density at radius 2 is 1.57 bits per heavy atom. The third-order valence-corrected chi connectivity index (χ3v) is 5.31. The molecule has 0 bridgehead atoms. The Balaban J connectivity index is 1.50. The molecule has 0 fully saturated rings. The zero-order valence-corrected chi connectivity index (χ0v) is 17.4. The van der Waals surface area contributed by atoms with Crippen molar-refractivity contribution in [2.75, 3.05) is 20.8 Å². The number of hydrogen-bond donors (Lipinski definition) is 1. The number of fused-ring (bicyclic) bond motifs is 1. The highest BCUT2D eigenvalue weighted by Crippen LogP contribution is 2.36. The summed E-state index contributed by atoms with van der Waals surface area (Å²) in [7, 11) is 3.39. The molecule has 0 radical (unpaired) electrons. The summed E-state index contributed by atoms with van der Waals surface area (Å²) < 4.78 is 11.2. The zero-order chi connectivity index (χ0) is 20.8. The number of pyridine rings is 1. The monoisotopic (exact) mass is 398 g/mol. The molecule has 0 saturated carbocycles. The minimum atomic E-state index is 0.718. The van der Waals surface area contributed by atoms with E-state index in [4.69, 9.17) is 9.47 Å². The quantitative estimate of drug-likeness (QED) is 0.412. The van der Waals surface area contributed by atoms with Gasteiger partial charge in [0.15, 0.2) is 0 Å². The highest BCUT2D eigenvalue weighted by molar-refractivity contribution is 5.81. The maximum atomic E-state index is 5.62. The first-order valence-electron chi connectivity index (χ1n) is 10.1. The molecular formula is C26H26N2O2. The third-order valence-electron chi connectivity index (χ3n) is 5.31. The van der Waals surface area contributed by atoms with Gasteiger partial charge >= 0.3 is 0 Å². The molecular weight excluding hydrogens is 372 g/mol. The van der Waals surface area contributed by atoms with Gasteiger partial charge < -0.3 is 14.8 Å². The van der Waals surface area contributed by atoms with Crippen LogP contribution in [0.25, 0.3) is 22.0 Å². The largest absolute Gasteiger partial charge is 0.496 e. The van der Waals surface area contributed by atoms with E-state index in [2.05, 4.69) is 52.8 Å². The van der Waals surface area contributed by atoms with Crippen LogP contribution in [0.3, 0.4) is 0 Å². The lowest BCUT2D eigenvalue weighted by Gasteiger charge is -2.16. The van der Waals surface area contributed by atoms with Gasteiger partial charge in [0.2, 0.25) is 0 Å². The minimum Gasteiger partial charge on any atom is -0.496 e. The molecule has 3 aromatic carbocycles. The van der Waals surface area contributed by atoms with Gasteiger partial charge in [0, 0.05) is 35.3 Å². The van der Waals surface area contributed by atoms with Crippen LogP contribution in [0.1, 0.15) is 11.1 Å². The van der Waals surface area contributed by atoms with Crippen LogP contribution in [-0.4, -0.2) is 25.7 Å². The van der Waals surface area contributed by atoms with Crippen molar-refractivity contribution in [1.29, 1.82) is 0 Å². The number of para-hydroxylation sites is 1. The van der Waals surface area contributed by atoms with Crippen molar-refractivity contribution in [3.63, 3.8) is 0 Å². The van der Waals surface area contributed by atoms with Crippen LogP contribution in [-0.2, 0) is 13.0 Å².